The van der Waals surface area contributed by atoms with Crippen LogP contribution in [0.2, 0.25) is 0 Å². The largest absolute Gasteiger partial charge is 0.468 e. The summed E-state index contributed by atoms with van der Waals surface area (Å²) in [7, 11) is 3.39. The molecule has 0 N–H and O–H groups in total. The quantitative estimate of drug-likeness (QED) is 0.314. The molecule has 0 bridgehead atoms. The van der Waals surface area contributed by atoms with Crippen molar-refractivity contribution in [2.24, 2.45) is 11.8 Å². The van der Waals surface area contributed by atoms with E-state index in [2.05, 4.69) is 26.1 Å². The molecular weight excluding hydrogens is 252 g/mol. The summed E-state index contributed by atoms with van der Waals surface area (Å²) in [6.45, 7) is 1.92. The van der Waals surface area contributed by atoms with Crippen LogP contribution >= 0.6 is 0 Å². The first-order valence-electron chi connectivity index (χ1n) is 5.75. The topological polar surface area (TPSA) is 78.9 Å². The Morgan fingerprint density at radius 2 is 1.42 bits per heavy atom. The van der Waals surface area contributed by atoms with Gasteiger partial charge in [0.15, 0.2) is 5.92 Å². The minimum Gasteiger partial charge on any atom is -0.468 e. The van der Waals surface area contributed by atoms with E-state index in [1.807, 2.05) is 6.92 Å². The van der Waals surface area contributed by atoms with E-state index in [1.54, 1.807) is 0 Å². The third-order valence-electron chi connectivity index (χ3n) is 2.33. The number of unbranched alkanes of at least 4 members (excludes halogenated alkanes) is 1. The Morgan fingerprint density at radius 3 is 1.79 bits per heavy atom. The van der Waals surface area contributed by atoms with Gasteiger partial charge in [-0.2, -0.15) is 0 Å². The van der Waals surface area contributed by atoms with Gasteiger partial charge < -0.3 is 14.2 Å². The van der Waals surface area contributed by atoms with Gasteiger partial charge in [0.25, 0.3) is 0 Å². The van der Waals surface area contributed by atoms with E-state index >= 15 is 0 Å². The monoisotopic (exact) mass is 270 g/mol. The third kappa shape index (κ3) is 5.00. The van der Waals surface area contributed by atoms with Crippen molar-refractivity contribution >= 4 is 17.9 Å². The molecule has 106 valence electrons. The average molecular weight is 270 g/mol. The number of carbonyl (C=O) groups is 3. The lowest BCUT2D eigenvalue weighted by Gasteiger charge is -2.16. The van der Waals surface area contributed by atoms with Crippen molar-refractivity contribution in [2.75, 3.05) is 21.3 Å². The molecule has 0 rings (SSSR count). The summed E-state index contributed by atoms with van der Waals surface area (Å²) in [4.78, 5) is 34.9. The van der Waals surface area contributed by atoms with Gasteiger partial charge in [0.2, 0.25) is 0 Å². The van der Waals surface area contributed by atoms with Crippen molar-refractivity contribution in [3.63, 3.8) is 0 Å². The van der Waals surface area contributed by atoms with E-state index < -0.39 is 29.7 Å². The molecule has 1 unspecified atom stereocenters. The van der Waals surface area contributed by atoms with Crippen molar-refractivity contribution < 1.29 is 28.6 Å². The van der Waals surface area contributed by atoms with Crippen LogP contribution in [0.25, 0.3) is 0 Å². The highest BCUT2D eigenvalue weighted by Crippen LogP contribution is 2.17. The fourth-order valence-corrected chi connectivity index (χ4v) is 1.33. The van der Waals surface area contributed by atoms with Gasteiger partial charge in [-0.05, 0) is 6.42 Å². The lowest BCUT2D eigenvalue weighted by molar-refractivity contribution is -0.166. The maximum Gasteiger partial charge on any atom is 0.322 e. The smallest absolute Gasteiger partial charge is 0.322 e. The number of methoxy groups -OCH3 is 3. The number of hydrogen-bond donors (Lipinski definition) is 0. The van der Waals surface area contributed by atoms with Gasteiger partial charge in [0.05, 0.1) is 21.3 Å². The summed E-state index contributed by atoms with van der Waals surface area (Å²) >= 11 is 0. The second-order valence-corrected chi connectivity index (χ2v) is 3.60. The number of rotatable bonds is 5. The molecule has 0 radical (unpaired) electrons. The number of hydrogen-bond acceptors (Lipinski definition) is 6. The summed E-state index contributed by atoms with van der Waals surface area (Å²) in [6, 6.07) is 0. The van der Waals surface area contributed by atoms with Gasteiger partial charge in [-0.25, -0.2) is 0 Å². The lowest BCUT2D eigenvalue weighted by atomic mass is 9.92. The molecule has 0 aromatic carbocycles. The second kappa shape index (κ2) is 8.97. The van der Waals surface area contributed by atoms with E-state index in [1.165, 1.54) is 0 Å². The van der Waals surface area contributed by atoms with Crippen molar-refractivity contribution in [3.05, 3.63) is 0 Å². The molecule has 0 saturated heterocycles. The molecule has 0 aliphatic heterocycles. The number of ether oxygens (including phenoxy) is 3. The zero-order valence-corrected chi connectivity index (χ0v) is 11.5. The van der Waals surface area contributed by atoms with E-state index in [9.17, 15) is 14.4 Å². The van der Waals surface area contributed by atoms with Gasteiger partial charge in [-0.15, -0.1) is 5.92 Å². The fraction of sp³-hybridized carbons (Fsp3) is 0.615. The fourth-order valence-electron chi connectivity index (χ4n) is 1.33. The predicted octanol–water partition coefficient (Wildman–Crippen LogP) is 0.541. The summed E-state index contributed by atoms with van der Waals surface area (Å²) in [6.07, 6.45) is 1.34. The molecular formula is C13H18O6. The molecule has 0 saturated carbocycles. The van der Waals surface area contributed by atoms with Crippen LogP contribution in [0.3, 0.4) is 0 Å². The minimum absolute atomic E-state index is 0.544. The first-order valence-corrected chi connectivity index (χ1v) is 5.75. The first kappa shape index (κ1) is 17.0. The van der Waals surface area contributed by atoms with Crippen LogP contribution in [-0.4, -0.2) is 39.2 Å². The van der Waals surface area contributed by atoms with Crippen LogP contribution in [-0.2, 0) is 28.6 Å². The molecule has 0 amide bonds. The van der Waals surface area contributed by atoms with E-state index in [0.29, 0.717) is 6.42 Å². The molecule has 6 nitrogen and oxygen atoms in total. The highest BCUT2D eigenvalue weighted by Gasteiger charge is 2.41. The number of carbonyl (C=O) groups excluding carboxylic acids is 3. The molecule has 1 atom stereocenters. The van der Waals surface area contributed by atoms with Gasteiger partial charge in [0, 0.05) is 6.42 Å². The molecule has 0 aromatic heterocycles. The zero-order valence-electron chi connectivity index (χ0n) is 11.5. The van der Waals surface area contributed by atoms with E-state index in [0.717, 1.165) is 27.8 Å². The Balaban J connectivity index is 5.37. The zero-order chi connectivity index (χ0) is 14.8. The predicted molar refractivity (Wildman–Crippen MR) is 65.7 cm³/mol. The standard InChI is InChI=1S/C13H18O6/c1-5-6-7-8-9(11(14)17-2)10(12(15)18-3)13(16)19-4/h9-10H,5-6H2,1-4H3. The van der Waals surface area contributed by atoms with Crippen molar-refractivity contribution in [2.45, 2.75) is 19.8 Å². The highest BCUT2D eigenvalue weighted by atomic mass is 16.5. The van der Waals surface area contributed by atoms with Gasteiger partial charge >= 0.3 is 17.9 Å². The average Bonchev–Trinajstić information content (AvgIpc) is 2.44. The van der Waals surface area contributed by atoms with Crippen LogP contribution in [0.4, 0.5) is 0 Å². The van der Waals surface area contributed by atoms with Gasteiger partial charge in [0.1, 0.15) is 5.92 Å². The van der Waals surface area contributed by atoms with Crippen LogP contribution in [0.1, 0.15) is 19.8 Å². The van der Waals surface area contributed by atoms with E-state index in [4.69, 9.17) is 0 Å². The first-order chi connectivity index (χ1) is 9.03. The molecule has 0 spiro atoms. The van der Waals surface area contributed by atoms with Gasteiger partial charge in [-0.1, -0.05) is 12.8 Å². The van der Waals surface area contributed by atoms with Crippen LogP contribution < -0.4 is 0 Å². The second-order valence-electron chi connectivity index (χ2n) is 3.60. The lowest BCUT2D eigenvalue weighted by Crippen LogP contribution is -2.37. The summed E-state index contributed by atoms with van der Waals surface area (Å²) in [5, 5.41) is 0. The molecule has 0 aliphatic carbocycles. The highest BCUT2D eigenvalue weighted by molar-refractivity contribution is 6.00. The van der Waals surface area contributed by atoms with Gasteiger partial charge in [-0.3, -0.25) is 14.4 Å². The van der Waals surface area contributed by atoms with E-state index in [-0.39, 0.29) is 0 Å². The molecule has 0 heterocycles. The molecule has 0 aliphatic rings. The van der Waals surface area contributed by atoms with Crippen LogP contribution in [0.5, 0.6) is 0 Å². The third-order valence-corrected chi connectivity index (χ3v) is 2.33. The van der Waals surface area contributed by atoms with Crippen molar-refractivity contribution in [3.8, 4) is 11.8 Å². The molecule has 19 heavy (non-hydrogen) atoms. The Bertz CT molecular complexity index is 374. The molecule has 0 aromatic rings. The summed E-state index contributed by atoms with van der Waals surface area (Å²) in [5.74, 6) is 0.0979. The molecule has 6 heteroatoms. The normalized spacial score (nSPS) is 11.0. The maximum atomic E-state index is 11.6. The summed E-state index contributed by atoms with van der Waals surface area (Å²) < 4.78 is 13.6. The Kier molecular flexibility index (Phi) is 8.02. The Hall–Kier alpha value is -2.03. The van der Waals surface area contributed by atoms with Crippen molar-refractivity contribution in [1.29, 1.82) is 0 Å². The Morgan fingerprint density at radius 1 is 0.947 bits per heavy atom. The minimum atomic E-state index is -1.44. The SMILES string of the molecule is CCCC#CC(C(=O)OC)C(C(=O)OC)C(=O)OC. The number of esters is 3. The maximum absolute atomic E-state index is 11.6. The van der Waals surface area contributed by atoms with Crippen LogP contribution in [0.15, 0.2) is 0 Å². The molecule has 0 fully saturated rings. The summed E-state index contributed by atoms with van der Waals surface area (Å²) in [5.41, 5.74) is 0. The van der Waals surface area contributed by atoms with Crippen LogP contribution in [0, 0.1) is 23.7 Å². The van der Waals surface area contributed by atoms with Crippen molar-refractivity contribution in [1.82, 2.24) is 0 Å². The Labute approximate surface area is 112 Å².